The average molecular weight is 303 g/mol. The van der Waals surface area contributed by atoms with Crippen molar-refractivity contribution >= 4 is 5.91 Å². The Hall–Kier alpha value is -1.35. The summed E-state index contributed by atoms with van der Waals surface area (Å²) in [5, 5.41) is 9.90. The maximum Gasteiger partial charge on any atom is 0.222 e. The van der Waals surface area contributed by atoms with Crippen LogP contribution in [0.4, 0.5) is 0 Å². The predicted octanol–water partition coefficient (Wildman–Crippen LogP) is 3.19. The van der Waals surface area contributed by atoms with Gasteiger partial charge in [-0.3, -0.25) is 4.79 Å². The normalized spacial score (nSPS) is 17.5. The maximum absolute atomic E-state index is 12.3. The molecule has 1 aromatic carbocycles. The van der Waals surface area contributed by atoms with Gasteiger partial charge in [0.1, 0.15) is 0 Å². The maximum atomic E-state index is 12.3. The fourth-order valence-corrected chi connectivity index (χ4v) is 3.22. The van der Waals surface area contributed by atoms with Crippen molar-refractivity contribution in [1.82, 2.24) is 4.90 Å². The first-order chi connectivity index (χ1) is 10.6. The number of likely N-dealkylation sites (tertiary alicyclic amines) is 1. The van der Waals surface area contributed by atoms with Crippen LogP contribution in [-0.4, -0.2) is 35.1 Å². The van der Waals surface area contributed by atoms with Crippen LogP contribution in [0.15, 0.2) is 24.3 Å². The third kappa shape index (κ3) is 4.57. The lowest BCUT2D eigenvalue weighted by Crippen LogP contribution is -2.41. The van der Waals surface area contributed by atoms with E-state index in [0.29, 0.717) is 12.3 Å². The number of piperidine rings is 1. The zero-order chi connectivity index (χ0) is 15.9. The van der Waals surface area contributed by atoms with Crippen LogP contribution in [0.3, 0.4) is 0 Å². The summed E-state index contributed by atoms with van der Waals surface area (Å²) in [4.78, 5) is 14.3. The van der Waals surface area contributed by atoms with Crippen molar-refractivity contribution in [2.75, 3.05) is 13.1 Å². The van der Waals surface area contributed by atoms with Gasteiger partial charge in [-0.1, -0.05) is 38.1 Å². The Morgan fingerprint density at radius 1 is 1.18 bits per heavy atom. The lowest BCUT2D eigenvalue weighted by Gasteiger charge is -2.34. The Labute approximate surface area is 134 Å². The molecule has 1 aliphatic heterocycles. The first kappa shape index (κ1) is 17.0. The van der Waals surface area contributed by atoms with Gasteiger partial charge >= 0.3 is 0 Å². The molecule has 0 aliphatic carbocycles. The number of aryl methyl sites for hydroxylation is 2. The van der Waals surface area contributed by atoms with Gasteiger partial charge in [0.25, 0.3) is 0 Å². The summed E-state index contributed by atoms with van der Waals surface area (Å²) in [6, 6.07) is 8.57. The van der Waals surface area contributed by atoms with Crippen molar-refractivity contribution in [1.29, 1.82) is 0 Å². The second-order valence-electron chi connectivity index (χ2n) is 6.36. The molecule has 2 rings (SSSR count). The molecule has 0 spiro atoms. The fraction of sp³-hybridized carbons (Fsp3) is 0.632. The van der Waals surface area contributed by atoms with E-state index in [1.165, 1.54) is 11.1 Å². The number of hydrogen-bond acceptors (Lipinski definition) is 2. The Bertz CT molecular complexity index is 461. The summed E-state index contributed by atoms with van der Waals surface area (Å²) in [5.74, 6) is 0.625. The van der Waals surface area contributed by atoms with Gasteiger partial charge < -0.3 is 10.0 Å². The molecule has 1 aromatic rings. The van der Waals surface area contributed by atoms with Crippen LogP contribution in [0, 0.1) is 5.92 Å². The predicted molar refractivity (Wildman–Crippen MR) is 89.7 cm³/mol. The first-order valence-electron chi connectivity index (χ1n) is 8.67. The van der Waals surface area contributed by atoms with E-state index in [2.05, 4.69) is 31.2 Å². The van der Waals surface area contributed by atoms with Crippen LogP contribution in [0.25, 0.3) is 0 Å². The summed E-state index contributed by atoms with van der Waals surface area (Å²) in [7, 11) is 0. The minimum Gasteiger partial charge on any atom is -0.393 e. The van der Waals surface area contributed by atoms with Crippen molar-refractivity contribution in [3.05, 3.63) is 35.4 Å². The molecule has 1 aliphatic rings. The number of aliphatic hydroxyl groups excluding tert-OH is 1. The fourth-order valence-electron chi connectivity index (χ4n) is 3.22. The summed E-state index contributed by atoms with van der Waals surface area (Å²) in [6.07, 6.45) is 4.95. The summed E-state index contributed by atoms with van der Waals surface area (Å²) < 4.78 is 0. The van der Waals surface area contributed by atoms with Crippen LogP contribution >= 0.6 is 0 Å². The highest BCUT2D eigenvalue weighted by Crippen LogP contribution is 2.23. The van der Waals surface area contributed by atoms with Crippen LogP contribution in [0.2, 0.25) is 0 Å². The number of carbonyl (C=O) groups excluding carboxylic acids is 1. The standard InChI is InChI=1S/C19H29NO2/c1-3-15-5-7-16(8-6-15)9-10-19(22)20-13-11-17(12-14-20)18(21)4-2/h5-8,17-18,21H,3-4,9-14H2,1-2H3. The largest absolute Gasteiger partial charge is 0.393 e. The van der Waals surface area contributed by atoms with Gasteiger partial charge in [0.15, 0.2) is 0 Å². The van der Waals surface area contributed by atoms with E-state index in [1.807, 2.05) is 11.8 Å². The Morgan fingerprint density at radius 3 is 2.32 bits per heavy atom. The number of nitrogens with zero attached hydrogens (tertiary/aromatic N) is 1. The summed E-state index contributed by atoms with van der Waals surface area (Å²) in [6.45, 7) is 5.77. The molecule has 1 unspecified atom stereocenters. The van der Waals surface area contributed by atoms with Gasteiger partial charge in [0.05, 0.1) is 6.10 Å². The third-order valence-electron chi connectivity index (χ3n) is 4.91. The smallest absolute Gasteiger partial charge is 0.222 e. The van der Waals surface area contributed by atoms with Crippen LogP contribution in [0.5, 0.6) is 0 Å². The second-order valence-corrected chi connectivity index (χ2v) is 6.36. The highest BCUT2D eigenvalue weighted by Gasteiger charge is 2.26. The van der Waals surface area contributed by atoms with Crippen molar-refractivity contribution < 1.29 is 9.90 Å². The highest BCUT2D eigenvalue weighted by molar-refractivity contribution is 5.76. The van der Waals surface area contributed by atoms with Crippen LogP contribution in [0.1, 0.15) is 50.7 Å². The monoisotopic (exact) mass is 303 g/mol. The summed E-state index contributed by atoms with van der Waals surface area (Å²) in [5.41, 5.74) is 2.58. The van der Waals surface area contributed by atoms with Gasteiger partial charge in [-0.2, -0.15) is 0 Å². The van der Waals surface area contributed by atoms with Gasteiger partial charge in [-0.25, -0.2) is 0 Å². The van der Waals surface area contributed by atoms with Crippen LogP contribution < -0.4 is 0 Å². The van der Waals surface area contributed by atoms with E-state index < -0.39 is 0 Å². The van der Waals surface area contributed by atoms with E-state index >= 15 is 0 Å². The lowest BCUT2D eigenvalue weighted by molar-refractivity contribution is -0.133. The zero-order valence-corrected chi connectivity index (χ0v) is 13.9. The quantitative estimate of drug-likeness (QED) is 0.877. The molecule has 1 fully saturated rings. The lowest BCUT2D eigenvalue weighted by atomic mass is 9.90. The molecule has 3 nitrogen and oxygen atoms in total. The van der Waals surface area contributed by atoms with E-state index in [-0.39, 0.29) is 12.0 Å². The second kappa shape index (κ2) is 8.33. The molecule has 3 heteroatoms. The summed E-state index contributed by atoms with van der Waals surface area (Å²) >= 11 is 0. The number of carbonyl (C=O) groups is 1. The topological polar surface area (TPSA) is 40.5 Å². The van der Waals surface area contributed by atoms with Crippen LogP contribution in [-0.2, 0) is 17.6 Å². The molecule has 1 N–H and O–H groups in total. The van der Waals surface area contributed by atoms with E-state index in [1.54, 1.807) is 0 Å². The Morgan fingerprint density at radius 2 is 1.77 bits per heavy atom. The van der Waals surface area contributed by atoms with Gasteiger partial charge in [0.2, 0.25) is 5.91 Å². The SMILES string of the molecule is CCc1ccc(CCC(=O)N2CCC(C(O)CC)CC2)cc1. The van der Waals surface area contributed by atoms with Gasteiger partial charge in [-0.05, 0) is 49.1 Å². The molecule has 1 saturated heterocycles. The molecular formula is C19H29NO2. The first-order valence-corrected chi connectivity index (χ1v) is 8.67. The minimum absolute atomic E-state index is 0.200. The van der Waals surface area contributed by atoms with Gasteiger partial charge in [-0.15, -0.1) is 0 Å². The van der Waals surface area contributed by atoms with Crippen molar-refractivity contribution in [2.45, 2.75) is 58.5 Å². The number of amides is 1. The van der Waals surface area contributed by atoms with E-state index in [0.717, 1.165) is 45.2 Å². The molecule has 0 bridgehead atoms. The molecule has 1 amide bonds. The molecule has 0 aromatic heterocycles. The number of hydrogen-bond donors (Lipinski definition) is 1. The number of rotatable bonds is 6. The molecule has 22 heavy (non-hydrogen) atoms. The molecular weight excluding hydrogens is 274 g/mol. The Kier molecular flexibility index (Phi) is 6.44. The third-order valence-corrected chi connectivity index (χ3v) is 4.91. The van der Waals surface area contributed by atoms with Crippen molar-refractivity contribution in [3.8, 4) is 0 Å². The van der Waals surface area contributed by atoms with Crippen molar-refractivity contribution in [3.63, 3.8) is 0 Å². The van der Waals surface area contributed by atoms with Crippen molar-refractivity contribution in [2.24, 2.45) is 5.92 Å². The van der Waals surface area contributed by atoms with E-state index in [4.69, 9.17) is 0 Å². The van der Waals surface area contributed by atoms with E-state index in [9.17, 15) is 9.90 Å². The minimum atomic E-state index is -0.200. The average Bonchev–Trinajstić information content (AvgIpc) is 2.59. The molecule has 1 atom stereocenters. The molecule has 1 heterocycles. The zero-order valence-electron chi connectivity index (χ0n) is 13.9. The molecule has 0 saturated carbocycles. The molecule has 0 radical (unpaired) electrons. The Balaban J connectivity index is 1.76. The number of benzene rings is 1. The van der Waals surface area contributed by atoms with Gasteiger partial charge in [0, 0.05) is 19.5 Å². The highest BCUT2D eigenvalue weighted by atomic mass is 16.3. The molecule has 122 valence electrons. The number of aliphatic hydroxyl groups is 1.